The summed E-state index contributed by atoms with van der Waals surface area (Å²) in [4.78, 5) is 28.4. The third kappa shape index (κ3) is 4.11. The molecule has 6 heteroatoms. The molecule has 3 rings (SSSR count). The number of nitrogens with one attached hydrogen (secondary N) is 1. The van der Waals surface area contributed by atoms with Gasteiger partial charge in [0.05, 0.1) is 17.5 Å². The Bertz CT molecular complexity index is 641. The zero-order chi connectivity index (χ0) is 18.0. The lowest BCUT2D eigenvalue weighted by Crippen LogP contribution is -2.49. The molecule has 1 N–H and O–H groups in total. The van der Waals surface area contributed by atoms with E-state index in [9.17, 15) is 14.0 Å². The maximum absolute atomic E-state index is 13.9. The van der Waals surface area contributed by atoms with Crippen molar-refractivity contribution in [2.75, 3.05) is 37.6 Å². The maximum atomic E-state index is 13.9. The molecule has 1 aliphatic carbocycles. The van der Waals surface area contributed by atoms with Crippen LogP contribution in [0.25, 0.3) is 0 Å². The fourth-order valence-electron chi connectivity index (χ4n) is 3.30. The van der Waals surface area contributed by atoms with Gasteiger partial charge in [0.2, 0.25) is 11.8 Å². The molecule has 2 amide bonds. The Hall–Kier alpha value is -2.11. The van der Waals surface area contributed by atoms with Crippen molar-refractivity contribution in [3.8, 4) is 0 Å². The average molecular weight is 347 g/mol. The Morgan fingerprint density at radius 2 is 1.84 bits per heavy atom. The van der Waals surface area contributed by atoms with Gasteiger partial charge < -0.3 is 15.1 Å². The van der Waals surface area contributed by atoms with Crippen molar-refractivity contribution in [1.82, 2.24) is 10.2 Å². The van der Waals surface area contributed by atoms with Crippen LogP contribution in [-0.4, -0.2) is 49.4 Å². The van der Waals surface area contributed by atoms with E-state index in [1.807, 2.05) is 29.7 Å². The highest BCUT2D eigenvalue weighted by Gasteiger charge is 2.49. The molecule has 1 saturated carbocycles. The van der Waals surface area contributed by atoms with Crippen LogP contribution in [0.4, 0.5) is 10.1 Å². The molecule has 2 unspecified atom stereocenters. The summed E-state index contributed by atoms with van der Waals surface area (Å²) in [5, 5.41) is 2.91. The van der Waals surface area contributed by atoms with Gasteiger partial charge in [-0.05, 0) is 24.5 Å². The summed E-state index contributed by atoms with van der Waals surface area (Å²) >= 11 is 0. The van der Waals surface area contributed by atoms with Crippen LogP contribution in [0.2, 0.25) is 0 Å². The van der Waals surface area contributed by atoms with Crippen LogP contribution in [0.15, 0.2) is 24.3 Å². The topological polar surface area (TPSA) is 52.7 Å². The number of carbonyl (C=O) groups is 2. The van der Waals surface area contributed by atoms with Crippen LogP contribution in [-0.2, 0) is 9.59 Å². The first-order chi connectivity index (χ1) is 12.0. The Morgan fingerprint density at radius 3 is 2.48 bits per heavy atom. The van der Waals surface area contributed by atoms with Crippen LogP contribution in [0.3, 0.4) is 0 Å². The molecule has 5 nitrogen and oxygen atoms in total. The third-order valence-electron chi connectivity index (χ3n) is 4.91. The van der Waals surface area contributed by atoms with Crippen LogP contribution in [0.5, 0.6) is 0 Å². The number of rotatable bonds is 5. The van der Waals surface area contributed by atoms with Crippen molar-refractivity contribution in [2.24, 2.45) is 17.8 Å². The third-order valence-corrected chi connectivity index (χ3v) is 4.91. The summed E-state index contributed by atoms with van der Waals surface area (Å²) in [6.07, 6.45) is 0.649. The monoisotopic (exact) mass is 347 g/mol. The van der Waals surface area contributed by atoms with Crippen LogP contribution < -0.4 is 10.2 Å². The molecule has 2 fully saturated rings. The number of nitrogens with zero attached hydrogens (tertiary/aromatic N) is 2. The van der Waals surface area contributed by atoms with Gasteiger partial charge in [0.15, 0.2) is 0 Å². The Balaban J connectivity index is 1.48. The fraction of sp³-hybridized carbons (Fsp3) is 0.579. The molecule has 136 valence electrons. The van der Waals surface area contributed by atoms with Gasteiger partial charge in [-0.1, -0.05) is 26.0 Å². The van der Waals surface area contributed by atoms with Crippen molar-refractivity contribution in [3.05, 3.63) is 30.1 Å². The first-order valence-corrected chi connectivity index (χ1v) is 9.03. The summed E-state index contributed by atoms with van der Waals surface area (Å²) in [5.41, 5.74) is 0.590. The number of piperazine rings is 1. The molecule has 2 aliphatic rings. The average Bonchev–Trinajstić information content (AvgIpc) is 3.40. The molecule has 25 heavy (non-hydrogen) atoms. The van der Waals surface area contributed by atoms with Gasteiger partial charge in [0.1, 0.15) is 5.82 Å². The van der Waals surface area contributed by atoms with Crippen LogP contribution in [0.1, 0.15) is 20.3 Å². The lowest BCUT2D eigenvalue weighted by Gasteiger charge is -2.36. The largest absolute Gasteiger partial charge is 0.366 e. The molecule has 1 aromatic rings. The molecular weight excluding hydrogens is 321 g/mol. The smallest absolute Gasteiger partial charge is 0.226 e. The number of para-hydroxylation sites is 1. The molecule has 1 aromatic carbocycles. The molecule has 1 saturated heterocycles. The van der Waals surface area contributed by atoms with E-state index in [0.29, 0.717) is 50.7 Å². The second-order valence-corrected chi connectivity index (χ2v) is 7.35. The molecule has 2 atom stereocenters. The van der Waals surface area contributed by atoms with Crippen molar-refractivity contribution in [2.45, 2.75) is 20.3 Å². The molecule has 0 radical (unpaired) electrons. The summed E-state index contributed by atoms with van der Waals surface area (Å²) < 4.78 is 13.9. The van der Waals surface area contributed by atoms with Crippen molar-refractivity contribution in [3.63, 3.8) is 0 Å². The number of hydrogen-bond acceptors (Lipinski definition) is 3. The van der Waals surface area contributed by atoms with E-state index >= 15 is 0 Å². The minimum absolute atomic E-state index is 0.00274. The SMILES string of the molecule is CC(C)CNC(=O)C1CC1C(=O)N1CCN(c2ccccc2F)CC1. The van der Waals surface area contributed by atoms with E-state index in [4.69, 9.17) is 0 Å². The number of amides is 2. The number of benzene rings is 1. The Morgan fingerprint density at radius 1 is 1.16 bits per heavy atom. The maximum Gasteiger partial charge on any atom is 0.226 e. The summed E-state index contributed by atoms with van der Waals surface area (Å²) in [6, 6.07) is 6.72. The second kappa shape index (κ2) is 7.42. The zero-order valence-electron chi connectivity index (χ0n) is 14.9. The summed E-state index contributed by atoms with van der Waals surface area (Å²) in [7, 11) is 0. The standard InChI is InChI=1S/C19H26FN3O2/c1-13(2)12-21-18(24)14-11-15(14)19(25)23-9-7-22(8-10-23)17-6-4-3-5-16(17)20/h3-6,13-15H,7-12H2,1-2H3,(H,21,24). The number of carbonyl (C=O) groups excluding carboxylic acids is 2. The minimum Gasteiger partial charge on any atom is -0.366 e. The number of halogens is 1. The molecular formula is C19H26FN3O2. The van der Waals surface area contributed by atoms with E-state index in [0.717, 1.165) is 0 Å². The van der Waals surface area contributed by atoms with E-state index < -0.39 is 0 Å². The number of hydrogen-bond donors (Lipinski definition) is 1. The summed E-state index contributed by atoms with van der Waals surface area (Å²) in [5.74, 6) is -0.104. The first-order valence-electron chi connectivity index (χ1n) is 9.03. The van der Waals surface area contributed by atoms with E-state index in [1.54, 1.807) is 12.1 Å². The van der Waals surface area contributed by atoms with E-state index in [-0.39, 0.29) is 29.5 Å². The van der Waals surface area contributed by atoms with Crippen molar-refractivity contribution >= 4 is 17.5 Å². The van der Waals surface area contributed by atoms with Gasteiger partial charge in [0, 0.05) is 32.7 Å². The molecule has 0 bridgehead atoms. The van der Waals surface area contributed by atoms with Crippen molar-refractivity contribution in [1.29, 1.82) is 0 Å². The first kappa shape index (κ1) is 17.7. The Kier molecular flexibility index (Phi) is 5.25. The van der Waals surface area contributed by atoms with E-state index in [2.05, 4.69) is 5.32 Å². The lowest BCUT2D eigenvalue weighted by atomic mass is 10.2. The molecule has 1 aliphatic heterocycles. The van der Waals surface area contributed by atoms with E-state index in [1.165, 1.54) is 6.07 Å². The quantitative estimate of drug-likeness (QED) is 0.885. The minimum atomic E-state index is -0.230. The highest BCUT2D eigenvalue weighted by atomic mass is 19.1. The molecule has 0 aromatic heterocycles. The molecule has 0 spiro atoms. The van der Waals surface area contributed by atoms with Gasteiger partial charge >= 0.3 is 0 Å². The Labute approximate surface area is 148 Å². The molecule has 1 heterocycles. The highest BCUT2D eigenvalue weighted by Crippen LogP contribution is 2.40. The fourth-order valence-corrected chi connectivity index (χ4v) is 3.30. The van der Waals surface area contributed by atoms with Crippen LogP contribution >= 0.6 is 0 Å². The van der Waals surface area contributed by atoms with Crippen LogP contribution in [0, 0.1) is 23.6 Å². The highest BCUT2D eigenvalue weighted by molar-refractivity contribution is 5.92. The van der Waals surface area contributed by atoms with Crippen molar-refractivity contribution < 1.29 is 14.0 Å². The predicted octanol–water partition coefficient (Wildman–Crippen LogP) is 1.88. The van der Waals surface area contributed by atoms with Gasteiger partial charge in [-0.3, -0.25) is 9.59 Å². The van der Waals surface area contributed by atoms with Gasteiger partial charge in [-0.15, -0.1) is 0 Å². The van der Waals surface area contributed by atoms with Gasteiger partial charge in [-0.2, -0.15) is 0 Å². The second-order valence-electron chi connectivity index (χ2n) is 7.35. The van der Waals surface area contributed by atoms with Gasteiger partial charge in [0.25, 0.3) is 0 Å². The van der Waals surface area contributed by atoms with Gasteiger partial charge in [-0.25, -0.2) is 4.39 Å². The number of anilines is 1. The predicted molar refractivity (Wildman–Crippen MR) is 94.6 cm³/mol. The summed E-state index contributed by atoms with van der Waals surface area (Å²) in [6.45, 7) is 7.12. The zero-order valence-corrected chi connectivity index (χ0v) is 14.9. The lowest BCUT2D eigenvalue weighted by molar-refractivity contribution is -0.135. The normalized spacial score (nSPS) is 22.9.